The molecule has 0 N–H and O–H groups in total. The summed E-state index contributed by atoms with van der Waals surface area (Å²) >= 11 is 1.12. The van der Waals surface area contributed by atoms with Crippen molar-refractivity contribution in [3.8, 4) is 11.1 Å². The second-order valence-electron chi connectivity index (χ2n) is 7.58. The van der Waals surface area contributed by atoms with Crippen LogP contribution in [0.25, 0.3) is 0 Å². The molecule has 0 bridgehead atoms. The van der Waals surface area contributed by atoms with Crippen LogP contribution >= 0.6 is 11.3 Å². The van der Waals surface area contributed by atoms with Crippen LogP contribution in [0.5, 0.6) is 5.06 Å². The summed E-state index contributed by atoms with van der Waals surface area (Å²) in [5.74, 6) is 0.373. The number of hydrogen-bond acceptors (Lipinski definition) is 7. The Kier molecular flexibility index (Phi) is 5.75. The summed E-state index contributed by atoms with van der Waals surface area (Å²) in [6.45, 7) is 1.80. The number of carbonyl (C=O) groups is 1. The molecule has 7 nitrogen and oxygen atoms in total. The van der Waals surface area contributed by atoms with Crippen molar-refractivity contribution in [3.05, 3.63) is 35.1 Å². The van der Waals surface area contributed by atoms with Gasteiger partial charge in [0, 0.05) is 32.4 Å². The molecule has 0 spiro atoms. The van der Waals surface area contributed by atoms with Gasteiger partial charge >= 0.3 is 6.18 Å². The number of nitriles is 1. The molecule has 2 aromatic rings. The number of pyridine rings is 1. The molecule has 1 saturated carbocycles. The van der Waals surface area contributed by atoms with E-state index in [1.807, 2.05) is 11.0 Å². The lowest BCUT2D eigenvalue weighted by Crippen LogP contribution is -2.57. The molecule has 0 radical (unpaired) electrons. The third-order valence-electron chi connectivity index (χ3n) is 5.64. The highest BCUT2D eigenvalue weighted by Crippen LogP contribution is 2.38. The lowest BCUT2D eigenvalue weighted by Gasteiger charge is -2.39. The van der Waals surface area contributed by atoms with E-state index in [1.54, 1.807) is 4.90 Å². The van der Waals surface area contributed by atoms with Crippen LogP contribution in [0.1, 0.15) is 36.3 Å². The zero-order chi connectivity index (χ0) is 22.1. The predicted molar refractivity (Wildman–Crippen MR) is 107 cm³/mol. The normalized spacial score (nSPS) is 18.6. The average molecular weight is 451 g/mol. The minimum absolute atomic E-state index is 0.0862. The highest BCUT2D eigenvalue weighted by atomic mass is 32.1. The lowest BCUT2D eigenvalue weighted by atomic mass is 9.99. The quantitative estimate of drug-likeness (QED) is 0.708. The van der Waals surface area contributed by atoms with Crippen molar-refractivity contribution in [1.82, 2.24) is 14.9 Å². The van der Waals surface area contributed by atoms with Crippen LogP contribution < -0.4 is 9.64 Å². The molecule has 1 aliphatic heterocycles. The minimum atomic E-state index is -4.42. The van der Waals surface area contributed by atoms with Crippen molar-refractivity contribution in [3.63, 3.8) is 0 Å². The Morgan fingerprint density at radius 3 is 2.39 bits per heavy atom. The topological polar surface area (TPSA) is 82.3 Å². The van der Waals surface area contributed by atoms with Gasteiger partial charge in [-0.3, -0.25) is 4.79 Å². The third kappa shape index (κ3) is 4.44. The van der Waals surface area contributed by atoms with Gasteiger partial charge in [0.1, 0.15) is 11.9 Å². The van der Waals surface area contributed by atoms with Crippen molar-refractivity contribution in [2.24, 2.45) is 0 Å². The van der Waals surface area contributed by atoms with Crippen LogP contribution in [-0.2, 0) is 11.0 Å². The summed E-state index contributed by atoms with van der Waals surface area (Å²) in [5, 5.41) is 9.71. The first-order valence-corrected chi connectivity index (χ1v) is 10.7. The van der Waals surface area contributed by atoms with E-state index in [9.17, 15) is 18.0 Å². The summed E-state index contributed by atoms with van der Waals surface area (Å²) < 4.78 is 44.3. The van der Waals surface area contributed by atoms with Crippen molar-refractivity contribution in [2.75, 3.05) is 31.1 Å². The zero-order valence-electron chi connectivity index (χ0n) is 16.6. The Bertz CT molecular complexity index is 972. The van der Waals surface area contributed by atoms with Gasteiger partial charge in [-0.15, -0.1) is 0 Å². The monoisotopic (exact) mass is 451 g/mol. The summed E-state index contributed by atoms with van der Waals surface area (Å²) in [5.41, 5.74) is -1.73. The average Bonchev–Trinajstić information content (AvgIpc) is 3.43. The van der Waals surface area contributed by atoms with Gasteiger partial charge in [-0.1, -0.05) is 11.3 Å². The number of alkyl halides is 3. The standard InChI is InChI=1S/C20H20F3N5O2S/c21-20(22,23)14-3-4-15(25-12-14)27-7-9-28(10-8-27)18(29)19(5-1-2-6-19)30-17-13-26-16(11-24)31-17/h3-4,12-13H,1-2,5-10H2. The molecule has 4 rings (SSSR count). The predicted octanol–water partition coefficient (Wildman–Crippen LogP) is 3.47. The first kappa shape index (κ1) is 21.4. The molecule has 0 atom stereocenters. The SMILES string of the molecule is N#Cc1ncc(OC2(C(=O)N3CCN(c4ccc(C(F)(F)F)cn4)CC3)CCCC2)s1. The number of rotatable bonds is 4. The molecule has 1 saturated heterocycles. The van der Waals surface area contributed by atoms with Crippen LogP contribution in [0.2, 0.25) is 0 Å². The van der Waals surface area contributed by atoms with Crippen molar-refractivity contribution >= 4 is 23.1 Å². The molecule has 0 unspecified atom stereocenters. The van der Waals surface area contributed by atoms with E-state index < -0.39 is 17.3 Å². The number of piperazine rings is 1. The molecule has 2 fully saturated rings. The van der Waals surface area contributed by atoms with Crippen LogP contribution in [0.4, 0.5) is 19.0 Å². The highest BCUT2D eigenvalue weighted by molar-refractivity contribution is 7.13. The Balaban J connectivity index is 1.41. The molecule has 164 valence electrons. The maximum Gasteiger partial charge on any atom is 0.417 e. The van der Waals surface area contributed by atoms with E-state index >= 15 is 0 Å². The Hall–Kier alpha value is -2.87. The van der Waals surface area contributed by atoms with Gasteiger partial charge < -0.3 is 14.5 Å². The van der Waals surface area contributed by atoms with E-state index in [-0.39, 0.29) is 10.9 Å². The van der Waals surface area contributed by atoms with Crippen LogP contribution in [0, 0.1) is 11.3 Å². The third-order valence-corrected chi connectivity index (χ3v) is 6.42. The van der Waals surface area contributed by atoms with Gasteiger partial charge in [0.15, 0.2) is 15.7 Å². The number of ether oxygens (including phenoxy) is 1. The van der Waals surface area contributed by atoms with Crippen molar-refractivity contribution < 1.29 is 22.7 Å². The number of halogens is 3. The van der Waals surface area contributed by atoms with E-state index in [0.29, 0.717) is 49.9 Å². The lowest BCUT2D eigenvalue weighted by molar-refractivity contribution is -0.148. The molecule has 31 heavy (non-hydrogen) atoms. The summed E-state index contributed by atoms with van der Waals surface area (Å²) in [6.07, 6.45) is 0.858. The van der Waals surface area contributed by atoms with Crippen LogP contribution in [0.3, 0.4) is 0 Å². The molecular weight excluding hydrogens is 431 g/mol. The van der Waals surface area contributed by atoms with E-state index in [1.165, 1.54) is 12.3 Å². The second-order valence-corrected chi connectivity index (χ2v) is 8.57. The van der Waals surface area contributed by atoms with E-state index in [2.05, 4.69) is 9.97 Å². The zero-order valence-corrected chi connectivity index (χ0v) is 17.4. The fraction of sp³-hybridized carbons (Fsp3) is 0.500. The number of nitrogens with zero attached hydrogens (tertiary/aromatic N) is 5. The van der Waals surface area contributed by atoms with Gasteiger partial charge in [-0.2, -0.15) is 18.4 Å². The fourth-order valence-corrected chi connectivity index (χ4v) is 4.67. The van der Waals surface area contributed by atoms with Gasteiger partial charge in [0.25, 0.3) is 5.91 Å². The Morgan fingerprint density at radius 1 is 1.13 bits per heavy atom. The van der Waals surface area contributed by atoms with Gasteiger partial charge in [0.05, 0.1) is 11.8 Å². The molecular formula is C20H20F3N5O2S. The highest BCUT2D eigenvalue weighted by Gasteiger charge is 2.47. The second kappa shape index (κ2) is 8.34. The molecule has 1 amide bonds. The molecule has 2 aliphatic rings. The number of aromatic nitrogens is 2. The van der Waals surface area contributed by atoms with E-state index in [0.717, 1.165) is 36.4 Å². The first-order valence-electron chi connectivity index (χ1n) is 9.93. The number of thiazole rings is 1. The largest absolute Gasteiger partial charge is 0.466 e. The van der Waals surface area contributed by atoms with Crippen LogP contribution in [-0.4, -0.2) is 52.6 Å². The summed E-state index contributed by atoms with van der Waals surface area (Å²) in [4.78, 5) is 24.9. The molecule has 2 aromatic heterocycles. The molecule has 3 heterocycles. The number of hydrogen-bond donors (Lipinski definition) is 0. The number of carbonyl (C=O) groups excluding carboxylic acids is 1. The van der Waals surface area contributed by atoms with Crippen molar-refractivity contribution in [1.29, 1.82) is 5.26 Å². The fourth-order valence-electron chi connectivity index (χ4n) is 4.02. The summed E-state index contributed by atoms with van der Waals surface area (Å²) in [7, 11) is 0. The maximum atomic E-state index is 13.4. The van der Waals surface area contributed by atoms with Crippen molar-refractivity contribution in [2.45, 2.75) is 37.5 Å². The van der Waals surface area contributed by atoms with Gasteiger partial charge in [0.2, 0.25) is 0 Å². The maximum absolute atomic E-state index is 13.4. The first-order chi connectivity index (χ1) is 14.8. The summed E-state index contributed by atoms with van der Waals surface area (Å²) in [6, 6.07) is 4.35. The Morgan fingerprint density at radius 2 is 1.84 bits per heavy atom. The molecule has 1 aliphatic carbocycles. The molecule has 0 aromatic carbocycles. The smallest absolute Gasteiger partial charge is 0.417 e. The van der Waals surface area contributed by atoms with Gasteiger partial charge in [-0.05, 0) is 37.8 Å². The van der Waals surface area contributed by atoms with Gasteiger partial charge in [-0.25, -0.2) is 9.97 Å². The number of amides is 1. The minimum Gasteiger partial charge on any atom is -0.466 e. The Labute approximate surface area is 181 Å². The van der Waals surface area contributed by atoms with Crippen LogP contribution in [0.15, 0.2) is 24.5 Å². The van der Waals surface area contributed by atoms with E-state index in [4.69, 9.17) is 10.00 Å². The number of anilines is 1. The molecule has 11 heteroatoms.